The summed E-state index contributed by atoms with van der Waals surface area (Å²) in [6.45, 7) is 1.96. The van der Waals surface area contributed by atoms with Crippen molar-refractivity contribution in [2.75, 3.05) is 6.61 Å². The predicted molar refractivity (Wildman–Crippen MR) is 65.0 cm³/mol. The summed E-state index contributed by atoms with van der Waals surface area (Å²) in [5.41, 5.74) is 0.601. The lowest BCUT2D eigenvalue weighted by atomic mass is 9.98. The molecule has 18 heavy (non-hydrogen) atoms. The zero-order chi connectivity index (χ0) is 13.0. The molecule has 0 radical (unpaired) electrons. The van der Waals surface area contributed by atoms with Crippen LogP contribution >= 0.6 is 0 Å². The summed E-state index contributed by atoms with van der Waals surface area (Å²) in [6, 6.07) is 5.27. The normalized spacial score (nSPS) is 12.1. The number of esters is 1. The SMILES string of the molecule is CCOC(=O)C(C=O)c1ccc2cnncc2c1. The molecule has 0 N–H and O–H groups in total. The monoisotopic (exact) mass is 244 g/mol. The second-order valence-electron chi connectivity index (χ2n) is 3.74. The first kappa shape index (κ1) is 12.2. The van der Waals surface area contributed by atoms with E-state index < -0.39 is 11.9 Å². The average Bonchev–Trinajstić information content (AvgIpc) is 2.40. The molecule has 0 aliphatic carbocycles. The Labute approximate surface area is 104 Å². The van der Waals surface area contributed by atoms with Crippen molar-refractivity contribution in [1.82, 2.24) is 10.2 Å². The minimum absolute atomic E-state index is 0.252. The maximum Gasteiger partial charge on any atom is 0.320 e. The fraction of sp³-hybridized carbons (Fsp3) is 0.231. The number of aldehydes is 1. The van der Waals surface area contributed by atoms with Gasteiger partial charge in [-0.15, -0.1) is 0 Å². The molecular weight excluding hydrogens is 232 g/mol. The minimum Gasteiger partial charge on any atom is -0.465 e. The van der Waals surface area contributed by atoms with E-state index in [0.717, 1.165) is 10.8 Å². The summed E-state index contributed by atoms with van der Waals surface area (Å²) in [5.74, 6) is -1.42. The third-order valence-corrected chi connectivity index (χ3v) is 2.61. The van der Waals surface area contributed by atoms with Gasteiger partial charge in [0, 0.05) is 10.8 Å². The van der Waals surface area contributed by atoms with Gasteiger partial charge in [0.2, 0.25) is 0 Å². The highest BCUT2D eigenvalue weighted by molar-refractivity contribution is 5.95. The molecule has 1 heterocycles. The molecule has 5 heteroatoms. The van der Waals surface area contributed by atoms with Crippen LogP contribution in [-0.2, 0) is 14.3 Å². The highest BCUT2D eigenvalue weighted by Crippen LogP contribution is 2.20. The Kier molecular flexibility index (Phi) is 3.62. The Morgan fingerprint density at radius 2 is 2.06 bits per heavy atom. The van der Waals surface area contributed by atoms with Crippen molar-refractivity contribution in [3.05, 3.63) is 36.2 Å². The van der Waals surface area contributed by atoms with Crippen molar-refractivity contribution in [3.8, 4) is 0 Å². The van der Waals surface area contributed by atoms with Gasteiger partial charge in [-0.25, -0.2) is 0 Å². The molecule has 1 aromatic heterocycles. The molecule has 0 bridgehead atoms. The first-order valence-electron chi connectivity index (χ1n) is 5.58. The fourth-order valence-corrected chi connectivity index (χ4v) is 1.71. The van der Waals surface area contributed by atoms with Gasteiger partial charge in [-0.1, -0.05) is 12.1 Å². The van der Waals surface area contributed by atoms with Crippen LogP contribution in [0.1, 0.15) is 18.4 Å². The molecule has 92 valence electrons. The highest BCUT2D eigenvalue weighted by atomic mass is 16.5. The Balaban J connectivity index is 2.39. The van der Waals surface area contributed by atoms with Gasteiger partial charge in [-0.3, -0.25) is 4.79 Å². The summed E-state index contributed by atoms with van der Waals surface area (Å²) < 4.78 is 4.86. The fourth-order valence-electron chi connectivity index (χ4n) is 1.71. The molecule has 2 rings (SSSR count). The Bertz CT molecular complexity index is 583. The summed E-state index contributed by atoms with van der Waals surface area (Å²) in [6.07, 6.45) is 3.80. The number of carbonyl (C=O) groups excluding carboxylic acids is 2. The molecule has 0 spiro atoms. The molecule has 0 aliphatic rings. The first-order chi connectivity index (χ1) is 8.76. The van der Waals surface area contributed by atoms with Gasteiger partial charge in [-0.05, 0) is 18.6 Å². The van der Waals surface area contributed by atoms with Crippen molar-refractivity contribution in [3.63, 3.8) is 0 Å². The third-order valence-electron chi connectivity index (χ3n) is 2.61. The van der Waals surface area contributed by atoms with Crippen LogP contribution in [-0.4, -0.2) is 29.1 Å². The van der Waals surface area contributed by atoms with E-state index in [0.29, 0.717) is 11.8 Å². The second-order valence-corrected chi connectivity index (χ2v) is 3.74. The van der Waals surface area contributed by atoms with E-state index in [4.69, 9.17) is 4.74 Å². The molecule has 1 aromatic carbocycles. The molecular formula is C13H12N2O3. The maximum absolute atomic E-state index is 11.6. The number of ether oxygens (including phenoxy) is 1. The number of nitrogens with zero attached hydrogens (tertiary/aromatic N) is 2. The number of rotatable bonds is 4. The molecule has 5 nitrogen and oxygen atoms in total. The number of hydrogen-bond donors (Lipinski definition) is 0. The maximum atomic E-state index is 11.6. The lowest BCUT2D eigenvalue weighted by Crippen LogP contribution is -2.17. The van der Waals surface area contributed by atoms with Crippen LogP contribution in [0.3, 0.4) is 0 Å². The van der Waals surface area contributed by atoms with Gasteiger partial charge in [-0.2, -0.15) is 10.2 Å². The molecule has 0 amide bonds. The largest absolute Gasteiger partial charge is 0.465 e. The smallest absolute Gasteiger partial charge is 0.320 e. The quantitative estimate of drug-likeness (QED) is 0.463. The Morgan fingerprint density at radius 1 is 1.33 bits per heavy atom. The van der Waals surface area contributed by atoms with Crippen molar-refractivity contribution >= 4 is 23.0 Å². The van der Waals surface area contributed by atoms with Crippen molar-refractivity contribution in [1.29, 1.82) is 0 Å². The van der Waals surface area contributed by atoms with E-state index in [1.807, 2.05) is 0 Å². The van der Waals surface area contributed by atoms with E-state index in [-0.39, 0.29) is 6.61 Å². The van der Waals surface area contributed by atoms with E-state index in [1.54, 1.807) is 37.5 Å². The van der Waals surface area contributed by atoms with Crippen LogP contribution in [0.15, 0.2) is 30.6 Å². The summed E-state index contributed by atoms with van der Waals surface area (Å²) in [7, 11) is 0. The van der Waals surface area contributed by atoms with Crippen LogP contribution in [0.25, 0.3) is 10.8 Å². The topological polar surface area (TPSA) is 69.2 Å². The zero-order valence-electron chi connectivity index (χ0n) is 9.87. The van der Waals surface area contributed by atoms with Crippen molar-refractivity contribution in [2.45, 2.75) is 12.8 Å². The first-order valence-corrected chi connectivity index (χ1v) is 5.58. The lowest BCUT2D eigenvalue weighted by molar-refractivity contribution is -0.146. The minimum atomic E-state index is -0.887. The van der Waals surface area contributed by atoms with Gasteiger partial charge >= 0.3 is 5.97 Å². The molecule has 0 fully saturated rings. The van der Waals surface area contributed by atoms with Crippen LogP contribution in [0.5, 0.6) is 0 Å². The average molecular weight is 244 g/mol. The van der Waals surface area contributed by atoms with Gasteiger partial charge in [0.1, 0.15) is 12.2 Å². The van der Waals surface area contributed by atoms with Crippen LogP contribution in [0.2, 0.25) is 0 Å². The Morgan fingerprint density at radius 3 is 2.72 bits per heavy atom. The van der Waals surface area contributed by atoms with Gasteiger partial charge in [0.25, 0.3) is 0 Å². The summed E-state index contributed by atoms with van der Waals surface area (Å²) in [5, 5.41) is 9.26. The standard InChI is InChI=1S/C13H12N2O3/c1-2-18-13(17)12(8-16)9-3-4-10-6-14-15-7-11(10)5-9/h3-8,12H,2H2,1H3. The molecule has 0 aliphatic heterocycles. The van der Waals surface area contributed by atoms with Gasteiger partial charge in [0.15, 0.2) is 0 Å². The van der Waals surface area contributed by atoms with Crippen molar-refractivity contribution in [2.24, 2.45) is 0 Å². The number of carbonyl (C=O) groups is 2. The molecule has 1 unspecified atom stereocenters. The molecule has 0 saturated carbocycles. The number of fused-ring (bicyclic) bond motifs is 1. The third kappa shape index (κ3) is 2.34. The second kappa shape index (κ2) is 5.35. The van der Waals surface area contributed by atoms with Crippen LogP contribution < -0.4 is 0 Å². The van der Waals surface area contributed by atoms with E-state index in [2.05, 4.69) is 10.2 Å². The molecule has 2 aromatic rings. The van der Waals surface area contributed by atoms with Crippen LogP contribution in [0, 0.1) is 0 Å². The van der Waals surface area contributed by atoms with Crippen molar-refractivity contribution < 1.29 is 14.3 Å². The predicted octanol–water partition coefficient (Wildman–Crippen LogP) is 1.48. The number of aromatic nitrogens is 2. The van der Waals surface area contributed by atoms with E-state index in [1.165, 1.54) is 0 Å². The number of hydrogen-bond acceptors (Lipinski definition) is 5. The molecule has 1 atom stereocenters. The van der Waals surface area contributed by atoms with E-state index >= 15 is 0 Å². The van der Waals surface area contributed by atoms with Gasteiger partial charge in [0.05, 0.1) is 19.0 Å². The van der Waals surface area contributed by atoms with E-state index in [9.17, 15) is 9.59 Å². The Hall–Kier alpha value is -2.30. The van der Waals surface area contributed by atoms with Gasteiger partial charge < -0.3 is 9.53 Å². The summed E-state index contributed by atoms with van der Waals surface area (Å²) in [4.78, 5) is 22.7. The highest BCUT2D eigenvalue weighted by Gasteiger charge is 2.21. The van der Waals surface area contributed by atoms with Crippen LogP contribution in [0.4, 0.5) is 0 Å². The lowest BCUT2D eigenvalue weighted by Gasteiger charge is -2.10. The number of benzene rings is 1. The zero-order valence-corrected chi connectivity index (χ0v) is 9.87. The molecule has 0 saturated heterocycles. The summed E-state index contributed by atoms with van der Waals surface area (Å²) >= 11 is 0.